The van der Waals surface area contributed by atoms with Crippen molar-refractivity contribution in [3.05, 3.63) is 17.2 Å². The monoisotopic (exact) mass is 261 g/mol. The number of hydrogen-bond acceptors (Lipinski definition) is 3. The minimum Gasteiger partial charge on any atom is -0.330 e. The van der Waals surface area contributed by atoms with Gasteiger partial charge in [0.25, 0.3) is 5.78 Å². The summed E-state index contributed by atoms with van der Waals surface area (Å²) in [6, 6.07) is 0. The van der Waals surface area contributed by atoms with Crippen molar-refractivity contribution in [2.24, 2.45) is 0 Å². The largest absolute Gasteiger partial charge is 0.456 e. The molecule has 0 aromatic carbocycles. The molecule has 1 aromatic heterocycles. The Morgan fingerprint density at radius 2 is 2.17 bits per heavy atom. The topological polar surface area (TPSA) is 46.9 Å². The second-order valence-electron chi connectivity index (χ2n) is 4.29. The minimum absolute atomic E-state index is 0.359. The van der Waals surface area contributed by atoms with Crippen molar-refractivity contribution < 1.29 is 18.0 Å². The molecule has 7 heteroatoms. The lowest BCUT2D eigenvalue weighted by atomic mass is 10.1. The lowest BCUT2D eigenvalue weighted by Crippen LogP contribution is -2.25. The van der Waals surface area contributed by atoms with E-state index in [-0.39, 0.29) is 0 Å². The first-order valence-electron chi connectivity index (χ1n) is 5.79. The summed E-state index contributed by atoms with van der Waals surface area (Å²) in [5, 5.41) is 2.85. The number of nitrogens with one attached hydrogen (secondary N) is 1. The van der Waals surface area contributed by atoms with Crippen LogP contribution in [0.1, 0.15) is 34.8 Å². The quantitative estimate of drug-likeness (QED) is 0.842. The molecule has 0 saturated carbocycles. The van der Waals surface area contributed by atoms with E-state index in [1.807, 2.05) is 0 Å². The van der Waals surface area contributed by atoms with E-state index in [0.717, 1.165) is 12.8 Å². The van der Waals surface area contributed by atoms with E-state index in [1.165, 1.54) is 0 Å². The fraction of sp³-hybridized carbons (Fsp3) is 0.636. The normalized spacial score (nSPS) is 15.6. The zero-order chi connectivity index (χ0) is 13.3. The number of halogens is 3. The van der Waals surface area contributed by atoms with Crippen LogP contribution >= 0.6 is 0 Å². The Hall–Kier alpha value is -1.37. The molecule has 0 amide bonds. The minimum atomic E-state index is -4.86. The number of carbonyl (C=O) groups excluding carboxylic acids is 1. The molecular formula is C11H14F3N3O. The standard InChI is InChI=1S/C11H14F3N3O/c1-15-6-8-16-9(10(18)11(12,13)14)7-4-2-3-5-17(7)8/h15H,2-6H2,1H3. The van der Waals surface area contributed by atoms with E-state index in [4.69, 9.17) is 0 Å². The molecule has 0 saturated heterocycles. The number of fused-ring (bicyclic) bond motifs is 1. The summed E-state index contributed by atoms with van der Waals surface area (Å²) in [5.41, 5.74) is 0.00118. The lowest BCUT2D eigenvalue weighted by molar-refractivity contribution is -0.0888. The molecule has 0 unspecified atom stereocenters. The van der Waals surface area contributed by atoms with Gasteiger partial charge in [0.05, 0.1) is 6.54 Å². The van der Waals surface area contributed by atoms with Crippen LogP contribution in [0.15, 0.2) is 0 Å². The average Bonchev–Trinajstić information content (AvgIpc) is 2.67. The zero-order valence-electron chi connectivity index (χ0n) is 9.97. The fourth-order valence-corrected chi connectivity index (χ4v) is 2.23. The molecule has 100 valence electrons. The van der Waals surface area contributed by atoms with Gasteiger partial charge in [-0.2, -0.15) is 13.2 Å². The SMILES string of the molecule is CNCc1nc(C(=O)C(F)(F)F)c2n1CCCC2. The molecule has 0 atom stereocenters. The van der Waals surface area contributed by atoms with Crippen molar-refractivity contribution >= 4 is 5.78 Å². The van der Waals surface area contributed by atoms with Gasteiger partial charge in [-0.1, -0.05) is 0 Å². The second-order valence-corrected chi connectivity index (χ2v) is 4.29. The smallest absolute Gasteiger partial charge is 0.330 e. The maximum absolute atomic E-state index is 12.5. The Morgan fingerprint density at radius 3 is 2.78 bits per heavy atom. The third-order valence-corrected chi connectivity index (χ3v) is 3.00. The van der Waals surface area contributed by atoms with Crippen molar-refractivity contribution in [1.82, 2.24) is 14.9 Å². The van der Waals surface area contributed by atoms with Gasteiger partial charge in [0, 0.05) is 12.2 Å². The molecule has 2 rings (SSSR count). The zero-order valence-corrected chi connectivity index (χ0v) is 9.97. The molecule has 1 aromatic rings. The maximum Gasteiger partial charge on any atom is 0.456 e. The van der Waals surface area contributed by atoms with E-state index in [0.29, 0.717) is 31.0 Å². The van der Waals surface area contributed by atoms with E-state index in [9.17, 15) is 18.0 Å². The molecular weight excluding hydrogens is 247 g/mol. The molecule has 1 aliphatic heterocycles. The van der Waals surface area contributed by atoms with Gasteiger partial charge in [0.15, 0.2) is 0 Å². The van der Waals surface area contributed by atoms with Crippen LogP contribution in [0, 0.1) is 0 Å². The molecule has 1 aliphatic rings. The van der Waals surface area contributed by atoms with E-state index in [2.05, 4.69) is 10.3 Å². The second kappa shape index (κ2) is 4.72. The number of aromatic nitrogens is 2. The van der Waals surface area contributed by atoms with Gasteiger partial charge < -0.3 is 9.88 Å². The number of imidazole rings is 1. The van der Waals surface area contributed by atoms with Crippen molar-refractivity contribution in [2.45, 2.75) is 38.5 Å². The predicted octanol–water partition coefficient (Wildman–Crippen LogP) is 1.68. The van der Waals surface area contributed by atoms with Gasteiger partial charge in [-0.3, -0.25) is 4.79 Å². The van der Waals surface area contributed by atoms with Gasteiger partial charge >= 0.3 is 6.18 Å². The highest BCUT2D eigenvalue weighted by molar-refractivity contribution is 5.99. The molecule has 0 aliphatic carbocycles. The highest BCUT2D eigenvalue weighted by atomic mass is 19.4. The molecule has 0 spiro atoms. The summed E-state index contributed by atoms with van der Waals surface area (Å²) in [7, 11) is 1.69. The average molecular weight is 261 g/mol. The number of rotatable bonds is 3. The van der Waals surface area contributed by atoms with Gasteiger partial charge in [0.2, 0.25) is 0 Å². The molecule has 4 nitrogen and oxygen atoms in total. The fourth-order valence-electron chi connectivity index (χ4n) is 2.23. The van der Waals surface area contributed by atoms with E-state index < -0.39 is 17.7 Å². The van der Waals surface area contributed by atoms with Gasteiger partial charge in [0.1, 0.15) is 11.5 Å². The third-order valence-electron chi connectivity index (χ3n) is 3.00. The number of nitrogens with zero attached hydrogens (tertiary/aromatic N) is 2. The van der Waals surface area contributed by atoms with Crippen molar-refractivity contribution in [1.29, 1.82) is 0 Å². The number of ketones is 1. The number of hydrogen-bond donors (Lipinski definition) is 1. The van der Waals surface area contributed by atoms with Crippen LogP contribution in [-0.2, 0) is 19.5 Å². The predicted molar refractivity (Wildman–Crippen MR) is 58.3 cm³/mol. The van der Waals surface area contributed by atoms with Gasteiger partial charge in [-0.25, -0.2) is 4.98 Å². The Bertz CT molecular complexity index is 465. The highest BCUT2D eigenvalue weighted by Gasteiger charge is 2.43. The summed E-state index contributed by atoms with van der Waals surface area (Å²) >= 11 is 0. The van der Waals surface area contributed by atoms with Crippen molar-refractivity contribution in [3.63, 3.8) is 0 Å². The molecule has 0 bridgehead atoms. The summed E-state index contributed by atoms with van der Waals surface area (Å²) in [5.74, 6) is -1.34. The summed E-state index contributed by atoms with van der Waals surface area (Å²) in [6.45, 7) is 0.989. The Kier molecular flexibility index (Phi) is 3.43. The Balaban J connectivity index is 2.45. The Morgan fingerprint density at radius 1 is 1.44 bits per heavy atom. The first-order valence-corrected chi connectivity index (χ1v) is 5.79. The number of Topliss-reactive ketones (excluding diaryl/α,β-unsaturated/α-hetero) is 1. The molecule has 18 heavy (non-hydrogen) atoms. The summed E-state index contributed by atoms with van der Waals surface area (Å²) in [6.07, 6.45) is -2.68. The van der Waals surface area contributed by atoms with Crippen molar-refractivity contribution in [3.8, 4) is 0 Å². The molecule has 1 N–H and O–H groups in total. The van der Waals surface area contributed by atoms with Crippen LogP contribution < -0.4 is 5.32 Å². The molecule has 0 fully saturated rings. The summed E-state index contributed by atoms with van der Waals surface area (Å²) in [4.78, 5) is 15.2. The number of carbonyl (C=O) groups is 1. The van der Waals surface area contributed by atoms with Gasteiger partial charge in [-0.15, -0.1) is 0 Å². The Labute approximate surface area is 102 Å². The third kappa shape index (κ3) is 2.27. The molecule has 0 radical (unpaired) electrons. The van der Waals surface area contributed by atoms with E-state index >= 15 is 0 Å². The first kappa shape index (κ1) is 13.1. The maximum atomic E-state index is 12.5. The van der Waals surface area contributed by atoms with Crippen LogP contribution in [0.5, 0.6) is 0 Å². The van der Waals surface area contributed by atoms with Crippen LogP contribution in [-0.4, -0.2) is 28.6 Å². The highest BCUT2D eigenvalue weighted by Crippen LogP contribution is 2.27. The first-order chi connectivity index (χ1) is 8.45. The van der Waals surface area contributed by atoms with Gasteiger partial charge in [-0.05, 0) is 26.3 Å². The van der Waals surface area contributed by atoms with Crippen LogP contribution in [0.2, 0.25) is 0 Å². The van der Waals surface area contributed by atoms with Crippen LogP contribution in [0.25, 0.3) is 0 Å². The van der Waals surface area contributed by atoms with Crippen LogP contribution in [0.4, 0.5) is 13.2 Å². The number of alkyl halides is 3. The van der Waals surface area contributed by atoms with Crippen molar-refractivity contribution in [2.75, 3.05) is 7.05 Å². The lowest BCUT2D eigenvalue weighted by Gasteiger charge is -2.17. The summed E-state index contributed by atoms with van der Waals surface area (Å²) < 4.78 is 39.2. The van der Waals surface area contributed by atoms with E-state index in [1.54, 1.807) is 11.6 Å². The van der Waals surface area contributed by atoms with Crippen LogP contribution in [0.3, 0.4) is 0 Å². The molecule has 2 heterocycles.